The van der Waals surface area contributed by atoms with Crippen LogP contribution in [0.15, 0.2) is 34.8 Å². The van der Waals surface area contributed by atoms with Crippen molar-refractivity contribution in [2.75, 3.05) is 0 Å². The van der Waals surface area contributed by atoms with Gasteiger partial charge in [-0.05, 0) is 28.8 Å². The molecular formula is C15H10BrClF2O. The molecule has 0 aromatic heterocycles. The molecule has 1 nitrogen and oxygen atoms in total. The minimum Gasteiger partial charge on any atom is -0.372 e. The number of hydrogen-bond donors (Lipinski definition) is 0. The van der Waals surface area contributed by atoms with E-state index in [1.807, 2.05) is 12.1 Å². The molecule has 2 aromatic rings. The Morgan fingerprint density at radius 2 is 1.70 bits per heavy atom. The second-order valence-electron chi connectivity index (χ2n) is 4.67. The molecule has 0 amide bonds. The van der Waals surface area contributed by atoms with Crippen LogP contribution >= 0.6 is 27.5 Å². The first-order valence-electron chi connectivity index (χ1n) is 6.04. The van der Waals surface area contributed by atoms with Crippen LogP contribution in [0, 0.1) is 11.6 Å². The SMILES string of the molecule is Fc1cc(Br)cc(F)c1C(Cl)c1ccc2c(c1)COC2. The van der Waals surface area contributed by atoms with E-state index in [1.165, 1.54) is 12.1 Å². The summed E-state index contributed by atoms with van der Waals surface area (Å²) in [6.07, 6.45) is 0. The third-order valence-corrected chi connectivity index (χ3v) is 4.26. The molecule has 0 radical (unpaired) electrons. The monoisotopic (exact) mass is 358 g/mol. The lowest BCUT2D eigenvalue weighted by atomic mass is 9.99. The third kappa shape index (κ3) is 2.48. The van der Waals surface area contributed by atoms with Gasteiger partial charge < -0.3 is 4.74 Å². The van der Waals surface area contributed by atoms with Gasteiger partial charge in [0.15, 0.2) is 0 Å². The van der Waals surface area contributed by atoms with E-state index in [-0.39, 0.29) is 5.56 Å². The Hall–Kier alpha value is -0.970. The maximum absolute atomic E-state index is 13.9. The highest BCUT2D eigenvalue weighted by atomic mass is 79.9. The number of benzene rings is 2. The minimum atomic E-state index is -0.867. The lowest BCUT2D eigenvalue weighted by Gasteiger charge is -2.14. The van der Waals surface area contributed by atoms with Crippen molar-refractivity contribution >= 4 is 27.5 Å². The van der Waals surface area contributed by atoms with Crippen molar-refractivity contribution in [3.8, 4) is 0 Å². The fourth-order valence-corrected chi connectivity index (χ4v) is 3.06. The van der Waals surface area contributed by atoms with Crippen LogP contribution in [0.2, 0.25) is 0 Å². The van der Waals surface area contributed by atoms with Crippen LogP contribution in [0.25, 0.3) is 0 Å². The van der Waals surface area contributed by atoms with Crippen molar-refractivity contribution in [1.82, 2.24) is 0 Å². The topological polar surface area (TPSA) is 9.23 Å². The van der Waals surface area contributed by atoms with Crippen LogP contribution in [0.3, 0.4) is 0 Å². The molecule has 3 rings (SSSR count). The number of fused-ring (bicyclic) bond motifs is 1. The van der Waals surface area contributed by atoms with E-state index >= 15 is 0 Å². The smallest absolute Gasteiger partial charge is 0.132 e. The number of halogens is 4. The highest BCUT2D eigenvalue weighted by Gasteiger charge is 2.22. The summed E-state index contributed by atoms with van der Waals surface area (Å²) in [4.78, 5) is 0. The van der Waals surface area contributed by atoms with Crippen molar-refractivity contribution in [2.24, 2.45) is 0 Å². The Morgan fingerprint density at radius 1 is 1.05 bits per heavy atom. The maximum Gasteiger partial charge on any atom is 0.132 e. The summed E-state index contributed by atoms with van der Waals surface area (Å²) in [7, 11) is 0. The van der Waals surface area contributed by atoms with E-state index in [1.54, 1.807) is 6.07 Å². The first-order valence-corrected chi connectivity index (χ1v) is 7.27. The number of rotatable bonds is 2. The lowest BCUT2D eigenvalue weighted by Crippen LogP contribution is -2.02. The van der Waals surface area contributed by atoms with E-state index in [0.29, 0.717) is 23.2 Å². The molecule has 2 aromatic carbocycles. The molecular weight excluding hydrogens is 350 g/mol. The molecule has 20 heavy (non-hydrogen) atoms. The van der Waals surface area contributed by atoms with Crippen molar-refractivity contribution in [1.29, 1.82) is 0 Å². The Morgan fingerprint density at radius 3 is 2.40 bits per heavy atom. The summed E-state index contributed by atoms with van der Waals surface area (Å²) >= 11 is 9.31. The Kier molecular flexibility index (Phi) is 3.80. The first kappa shape index (κ1) is 14.0. The molecule has 1 unspecified atom stereocenters. The Labute approximate surface area is 128 Å². The molecule has 0 aliphatic carbocycles. The summed E-state index contributed by atoms with van der Waals surface area (Å²) < 4.78 is 33.6. The standard InChI is InChI=1S/C15H10BrClF2O/c16-11-4-12(18)14(13(19)5-11)15(17)8-1-2-9-6-20-7-10(9)3-8/h1-5,15H,6-7H2. The second-order valence-corrected chi connectivity index (χ2v) is 6.02. The molecule has 1 aliphatic heterocycles. The average molecular weight is 360 g/mol. The molecule has 0 bridgehead atoms. The molecule has 0 N–H and O–H groups in total. The predicted octanol–water partition coefficient (Wildman–Crippen LogP) is 5.09. The Bertz CT molecular complexity index is 652. The first-order chi connectivity index (χ1) is 9.56. The average Bonchev–Trinajstić information content (AvgIpc) is 2.84. The summed E-state index contributed by atoms with van der Waals surface area (Å²) in [5.41, 5.74) is 2.64. The second kappa shape index (κ2) is 5.43. The van der Waals surface area contributed by atoms with Gasteiger partial charge in [0.1, 0.15) is 11.6 Å². The number of hydrogen-bond acceptors (Lipinski definition) is 1. The molecule has 1 atom stereocenters. The molecule has 1 heterocycles. The fraction of sp³-hybridized carbons (Fsp3) is 0.200. The summed E-state index contributed by atoms with van der Waals surface area (Å²) in [6, 6.07) is 7.95. The van der Waals surface area contributed by atoms with Gasteiger partial charge in [-0.3, -0.25) is 0 Å². The van der Waals surface area contributed by atoms with Gasteiger partial charge in [0.05, 0.1) is 18.6 Å². The van der Waals surface area contributed by atoms with E-state index in [9.17, 15) is 8.78 Å². The van der Waals surface area contributed by atoms with Gasteiger partial charge >= 0.3 is 0 Å². The molecule has 0 fully saturated rings. The van der Waals surface area contributed by atoms with E-state index in [2.05, 4.69) is 15.9 Å². The van der Waals surface area contributed by atoms with Crippen LogP contribution in [0.4, 0.5) is 8.78 Å². The van der Waals surface area contributed by atoms with Crippen LogP contribution < -0.4 is 0 Å². The zero-order valence-corrected chi connectivity index (χ0v) is 12.6. The largest absolute Gasteiger partial charge is 0.372 e. The number of alkyl halides is 1. The minimum absolute atomic E-state index is 0.131. The zero-order valence-electron chi connectivity index (χ0n) is 10.3. The van der Waals surface area contributed by atoms with Gasteiger partial charge in [-0.1, -0.05) is 34.1 Å². The molecule has 0 saturated heterocycles. The fourth-order valence-electron chi connectivity index (χ4n) is 2.31. The molecule has 0 saturated carbocycles. The zero-order chi connectivity index (χ0) is 14.3. The van der Waals surface area contributed by atoms with Crippen molar-refractivity contribution < 1.29 is 13.5 Å². The van der Waals surface area contributed by atoms with Crippen LogP contribution in [-0.2, 0) is 18.0 Å². The van der Waals surface area contributed by atoms with Gasteiger partial charge in [-0.2, -0.15) is 0 Å². The summed E-state index contributed by atoms with van der Waals surface area (Å²) in [5.74, 6) is -1.32. The van der Waals surface area contributed by atoms with Crippen molar-refractivity contribution in [2.45, 2.75) is 18.6 Å². The van der Waals surface area contributed by atoms with Crippen molar-refractivity contribution in [3.63, 3.8) is 0 Å². The van der Waals surface area contributed by atoms with E-state index < -0.39 is 17.0 Å². The third-order valence-electron chi connectivity index (χ3n) is 3.34. The summed E-state index contributed by atoms with van der Waals surface area (Å²) in [6.45, 7) is 1.08. The lowest BCUT2D eigenvalue weighted by molar-refractivity contribution is 0.134. The quantitative estimate of drug-likeness (QED) is 0.679. The van der Waals surface area contributed by atoms with E-state index in [4.69, 9.17) is 16.3 Å². The highest BCUT2D eigenvalue weighted by molar-refractivity contribution is 9.10. The molecule has 104 valence electrons. The van der Waals surface area contributed by atoms with Gasteiger partial charge in [-0.15, -0.1) is 11.6 Å². The van der Waals surface area contributed by atoms with Gasteiger partial charge in [0.25, 0.3) is 0 Å². The van der Waals surface area contributed by atoms with Crippen LogP contribution in [0.1, 0.15) is 27.6 Å². The predicted molar refractivity (Wildman–Crippen MR) is 76.7 cm³/mol. The van der Waals surface area contributed by atoms with Gasteiger partial charge in [0.2, 0.25) is 0 Å². The number of ether oxygens (including phenoxy) is 1. The molecule has 5 heteroatoms. The summed E-state index contributed by atoms with van der Waals surface area (Å²) in [5, 5.41) is -0.867. The Balaban J connectivity index is 2.03. The van der Waals surface area contributed by atoms with Gasteiger partial charge in [0, 0.05) is 10.0 Å². The van der Waals surface area contributed by atoms with Crippen LogP contribution in [0.5, 0.6) is 0 Å². The van der Waals surface area contributed by atoms with E-state index in [0.717, 1.165) is 11.1 Å². The molecule has 0 spiro atoms. The van der Waals surface area contributed by atoms with Crippen molar-refractivity contribution in [3.05, 3.63) is 68.7 Å². The highest BCUT2D eigenvalue weighted by Crippen LogP contribution is 2.35. The maximum atomic E-state index is 13.9. The normalized spacial score (nSPS) is 15.2. The molecule has 1 aliphatic rings. The van der Waals surface area contributed by atoms with Crippen LogP contribution in [-0.4, -0.2) is 0 Å². The van der Waals surface area contributed by atoms with Gasteiger partial charge in [-0.25, -0.2) is 8.78 Å².